The van der Waals surface area contributed by atoms with Crippen molar-refractivity contribution in [2.24, 2.45) is 5.41 Å². The van der Waals surface area contributed by atoms with E-state index in [-0.39, 0.29) is 11.0 Å². The van der Waals surface area contributed by atoms with Crippen LogP contribution in [0.5, 0.6) is 0 Å². The van der Waals surface area contributed by atoms with E-state index in [1.54, 1.807) is 12.1 Å². The number of benzene rings is 1. The normalized spacial score (nSPS) is 24.5. The molecule has 1 aromatic rings. The van der Waals surface area contributed by atoms with Crippen LogP contribution in [-0.4, -0.2) is 12.1 Å². The van der Waals surface area contributed by atoms with Crippen molar-refractivity contribution >= 4 is 0 Å². The molecule has 1 saturated heterocycles. The lowest BCUT2D eigenvalue weighted by molar-refractivity contribution is 0.158. The van der Waals surface area contributed by atoms with Crippen molar-refractivity contribution in [2.75, 3.05) is 6.54 Å². The monoisotopic (exact) mass is 253 g/mol. The van der Waals surface area contributed by atoms with E-state index in [9.17, 15) is 8.78 Å². The lowest BCUT2D eigenvalue weighted by Gasteiger charge is -2.42. The van der Waals surface area contributed by atoms with Crippen molar-refractivity contribution in [3.63, 3.8) is 0 Å². The molecule has 1 N–H and O–H groups in total. The molecular weight excluding hydrogens is 232 g/mol. The second-order valence-corrected chi connectivity index (χ2v) is 6.25. The molecule has 1 atom stereocenters. The molecule has 0 aromatic heterocycles. The Hall–Kier alpha value is -0.960. The van der Waals surface area contributed by atoms with Crippen LogP contribution >= 0.6 is 0 Å². The fourth-order valence-corrected chi connectivity index (χ4v) is 2.87. The van der Waals surface area contributed by atoms with Gasteiger partial charge in [0.05, 0.1) is 0 Å². The molecule has 0 amide bonds. The summed E-state index contributed by atoms with van der Waals surface area (Å²) in [6.45, 7) is 7.42. The van der Waals surface area contributed by atoms with Crippen LogP contribution < -0.4 is 5.32 Å². The van der Waals surface area contributed by atoms with E-state index in [1.165, 1.54) is 6.07 Å². The highest BCUT2D eigenvalue weighted by molar-refractivity contribution is 5.23. The molecule has 1 fully saturated rings. The number of hydrogen-bond donors (Lipinski definition) is 1. The number of halogens is 2. The van der Waals surface area contributed by atoms with Crippen LogP contribution in [0.15, 0.2) is 18.2 Å². The van der Waals surface area contributed by atoms with Crippen molar-refractivity contribution < 1.29 is 8.78 Å². The van der Waals surface area contributed by atoms with Crippen molar-refractivity contribution in [3.05, 3.63) is 35.4 Å². The van der Waals surface area contributed by atoms with Gasteiger partial charge in [-0.25, -0.2) is 8.78 Å². The molecule has 2 rings (SSSR count). The summed E-state index contributed by atoms with van der Waals surface area (Å²) in [4.78, 5) is 0. The Morgan fingerprint density at radius 3 is 2.56 bits per heavy atom. The highest BCUT2D eigenvalue weighted by Crippen LogP contribution is 2.40. The smallest absolute Gasteiger partial charge is 0.162 e. The van der Waals surface area contributed by atoms with Gasteiger partial charge in [0.25, 0.3) is 0 Å². The summed E-state index contributed by atoms with van der Waals surface area (Å²) >= 11 is 0. The maximum atomic E-state index is 13.8. The molecule has 1 heterocycles. The Labute approximate surface area is 108 Å². The summed E-state index contributed by atoms with van der Waals surface area (Å²) in [7, 11) is 0. The van der Waals surface area contributed by atoms with Gasteiger partial charge in [0.1, 0.15) is 0 Å². The Bertz CT molecular complexity index is 429. The van der Waals surface area contributed by atoms with E-state index in [0.29, 0.717) is 12.0 Å². The highest BCUT2D eigenvalue weighted by atomic mass is 19.2. The van der Waals surface area contributed by atoms with Crippen LogP contribution in [0.25, 0.3) is 0 Å². The molecule has 0 spiro atoms. The molecule has 1 aromatic carbocycles. The van der Waals surface area contributed by atoms with Crippen LogP contribution in [0.2, 0.25) is 0 Å². The van der Waals surface area contributed by atoms with Gasteiger partial charge >= 0.3 is 0 Å². The lowest BCUT2D eigenvalue weighted by Crippen LogP contribution is -2.52. The summed E-state index contributed by atoms with van der Waals surface area (Å²) in [5, 5.41) is 3.52. The van der Waals surface area contributed by atoms with Gasteiger partial charge in [0.15, 0.2) is 11.6 Å². The Kier molecular flexibility index (Phi) is 3.45. The third-order valence-corrected chi connectivity index (χ3v) is 4.20. The molecule has 18 heavy (non-hydrogen) atoms. The van der Waals surface area contributed by atoms with Gasteiger partial charge in [0.2, 0.25) is 0 Å². The fourth-order valence-electron chi connectivity index (χ4n) is 2.87. The molecule has 3 heteroatoms. The molecule has 0 aliphatic carbocycles. The average molecular weight is 253 g/mol. The molecule has 0 saturated carbocycles. The fraction of sp³-hybridized carbons (Fsp3) is 0.600. The number of hydrogen-bond acceptors (Lipinski definition) is 1. The first-order chi connectivity index (χ1) is 8.36. The lowest BCUT2D eigenvalue weighted by atomic mass is 9.69. The van der Waals surface area contributed by atoms with Crippen molar-refractivity contribution in [3.8, 4) is 0 Å². The van der Waals surface area contributed by atoms with Crippen molar-refractivity contribution in [1.82, 2.24) is 5.32 Å². The predicted molar refractivity (Wildman–Crippen MR) is 69.5 cm³/mol. The van der Waals surface area contributed by atoms with Gasteiger partial charge < -0.3 is 5.32 Å². The van der Waals surface area contributed by atoms with Gasteiger partial charge in [0, 0.05) is 5.54 Å². The zero-order valence-corrected chi connectivity index (χ0v) is 11.3. The maximum absolute atomic E-state index is 13.8. The Balaban J connectivity index is 2.33. The largest absolute Gasteiger partial charge is 0.310 e. The maximum Gasteiger partial charge on any atom is 0.162 e. The zero-order chi connectivity index (χ0) is 13.4. The minimum absolute atomic E-state index is 0.0161. The first-order valence-electron chi connectivity index (χ1n) is 6.54. The number of nitrogens with one attached hydrogen (secondary N) is 1. The molecular formula is C15H21F2N. The van der Waals surface area contributed by atoms with Gasteiger partial charge in [-0.2, -0.15) is 0 Å². The minimum Gasteiger partial charge on any atom is -0.310 e. The summed E-state index contributed by atoms with van der Waals surface area (Å²) < 4.78 is 27.1. The van der Waals surface area contributed by atoms with Crippen LogP contribution in [0, 0.1) is 17.0 Å². The van der Waals surface area contributed by atoms with E-state index in [1.807, 2.05) is 0 Å². The Morgan fingerprint density at radius 1 is 1.28 bits per heavy atom. The van der Waals surface area contributed by atoms with Crippen molar-refractivity contribution in [2.45, 2.75) is 45.6 Å². The van der Waals surface area contributed by atoms with E-state index >= 15 is 0 Å². The molecule has 1 unspecified atom stereocenters. The van der Waals surface area contributed by atoms with Gasteiger partial charge in [-0.05, 0) is 42.9 Å². The van der Waals surface area contributed by atoms with Crippen LogP contribution in [0.4, 0.5) is 8.78 Å². The summed E-state index contributed by atoms with van der Waals surface area (Å²) in [6, 6.07) is 4.44. The molecule has 0 bridgehead atoms. The third-order valence-electron chi connectivity index (χ3n) is 4.20. The average Bonchev–Trinajstić information content (AvgIpc) is 2.74. The minimum atomic E-state index is -0.755. The molecule has 1 nitrogen and oxygen atoms in total. The van der Waals surface area contributed by atoms with Crippen LogP contribution in [-0.2, 0) is 6.42 Å². The van der Waals surface area contributed by atoms with E-state index < -0.39 is 11.6 Å². The summed E-state index contributed by atoms with van der Waals surface area (Å²) in [5.41, 5.74) is 0.350. The summed E-state index contributed by atoms with van der Waals surface area (Å²) in [6.07, 6.45) is 2.64. The second kappa shape index (κ2) is 4.61. The molecule has 1 aliphatic rings. The summed E-state index contributed by atoms with van der Waals surface area (Å²) in [5.74, 6) is -1.45. The first-order valence-corrected chi connectivity index (χ1v) is 6.54. The van der Waals surface area contributed by atoms with Gasteiger partial charge in [-0.1, -0.05) is 32.9 Å². The van der Waals surface area contributed by atoms with E-state index in [4.69, 9.17) is 0 Å². The third kappa shape index (κ3) is 2.28. The van der Waals surface area contributed by atoms with Gasteiger partial charge in [-0.3, -0.25) is 0 Å². The molecule has 1 aliphatic heterocycles. The SMILES string of the molecule is CC(C)(C)C1(Cc2cccc(F)c2F)CCCN1. The predicted octanol–water partition coefficient (Wildman–Crippen LogP) is 3.68. The highest BCUT2D eigenvalue weighted by Gasteiger charge is 2.44. The molecule has 0 radical (unpaired) electrons. The molecule has 100 valence electrons. The Morgan fingerprint density at radius 2 is 2.00 bits per heavy atom. The zero-order valence-electron chi connectivity index (χ0n) is 11.3. The van der Waals surface area contributed by atoms with Crippen LogP contribution in [0.3, 0.4) is 0 Å². The van der Waals surface area contributed by atoms with E-state index in [2.05, 4.69) is 26.1 Å². The topological polar surface area (TPSA) is 12.0 Å². The van der Waals surface area contributed by atoms with E-state index in [0.717, 1.165) is 19.4 Å². The standard InChI is InChI=1S/C15H21F2N/c1-14(2,3)15(8-5-9-18-15)10-11-6-4-7-12(16)13(11)17/h4,6-7,18H,5,8-10H2,1-3H3. The second-order valence-electron chi connectivity index (χ2n) is 6.25. The van der Waals surface area contributed by atoms with Crippen molar-refractivity contribution in [1.29, 1.82) is 0 Å². The quantitative estimate of drug-likeness (QED) is 0.848. The van der Waals surface area contributed by atoms with Crippen LogP contribution in [0.1, 0.15) is 39.2 Å². The van der Waals surface area contributed by atoms with Gasteiger partial charge in [-0.15, -0.1) is 0 Å². The first kappa shape index (κ1) is 13.5. The number of rotatable bonds is 2.